The number of carbonyl (C=O) groups excluding carboxylic acids is 3. The number of nitrogens with zero attached hydrogens (tertiary/aromatic N) is 2. The van der Waals surface area contributed by atoms with Crippen molar-refractivity contribution in [3.63, 3.8) is 0 Å². The molecule has 1 aliphatic heterocycles. The van der Waals surface area contributed by atoms with Crippen LogP contribution in [0.1, 0.15) is 0 Å². The van der Waals surface area contributed by atoms with Gasteiger partial charge < -0.3 is 10.2 Å². The molecule has 0 aromatic heterocycles. The van der Waals surface area contributed by atoms with Gasteiger partial charge in [0.05, 0.1) is 0 Å². The van der Waals surface area contributed by atoms with Crippen LogP contribution in [0.25, 0.3) is 0 Å². The maximum Gasteiger partial charge on any atom is 0.327 e. The van der Waals surface area contributed by atoms with E-state index < -0.39 is 23.9 Å². The van der Waals surface area contributed by atoms with Gasteiger partial charge in [-0.1, -0.05) is 0 Å². The number of urea groups is 1. The Balaban J connectivity index is 2.94. The molecule has 1 heterocycles. The number of nitrogens with one attached hydrogen (secondary N) is 1. The van der Waals surface area contributed by atoms with Gasteiger partial charge in [-0.15, -0.1) is 0 Å². The number of rotatable bonds is 1. The van der Waals surface area contributed by atoms with Crippen LogP contribution in [0.15, 0.2) is 0 Å². The summed E-state index contributed by atoms with van der Waals surface area (Å²) < 4.78 is 0. The third-order valence-electron chi connectivity index (χ3n) is 2.04. The van der Waals surface area contributed by atoms with Gasteiger partial charge in [-0.05, 0) is 0 Å². The Morgan fingerprint density at radius 2 is 1.92 bits per heavy atom. The average molecular weight is 185 g/mol. The SMILES string of the molecule is CNC(=O)C1C(=O)N(C)C(=O)N1C. The molecule has 72 valence electrons. The van der Waals surface area contributed by atoms with Crippen LogP contribution >= 0.6 is 0 Å². The van der Waals surface area contributed by atoms with Gasteiger partial charge in [0.15, 0.2) is 6.04 Å². The second-order valence-electron chi connectivity index (χ2n) is 2.81. The van der Waals surface area contributed by atoms with E-state index in [4.69, 9.17) is 0 Å². The van der Waals surface area contributed by atoms with Crippen molar-refractivity contribution in [1.29, 1.82) is 0 Å². The summed E-state index contributed by atoms with van der Waals surface area (Å²) in [4.78, 5) is 35.7. The number of amides is 4. The summed E-state index contributed by atoms with van der Waals surface area (Å²) >= 11 is 0. The standard InChI is InChI=1S/C7H11N3O3/c1-8-5(11)4-6(12)10(3)7(13)9(4)2/h4H,1-3H3,(H,8,11). The number of imide groups is 1. The third kappa shape index (κ3) is 1.24. The topological polar surface area (TPSA) is 69.7 Å². The van der Waals surface area contributed by atoms with Crippen molar-refractivity contribution in [2.75, 3.05) is 21.1 Å². The van der Waals surface area contributed by atoms with E-state index in [-0.39, 0.29) is 0 Å². The fourth-order valence-corrected chi connectivity index (χ4v) is 1.22. The van der Waals surface area contributed by atoms with Crippen molar-refractivity contribution < 1.29 is 14.4 Å². The number of hydrogen-bond donors (Lipinski definition) is 1. The second-order valence-corrected chi connectivity index (χ2v) is 2.81. The molecule has 1 N–H and O–H groups in total. The lowest BCUT2D eigenvalue weighted by Crippen LogP contribution is -2.44. The first-order valence-electron chi connectivity index (χ1n) is 3.76. The summed E-state index contributed by atoms with van der Waals surface area (Å²) in [5.41, 5.74) is 0. The minimum atomic E-state index is -1.01. The van der Waals surface area contributed by atoms with E-state index in [1.165, 1.54) is 21.1 Å². The fourth-order valence-electron chi connectivity index (χ4n) is 1.22. The van der Waals surface area contributed by atoms with Crippen LogP contribution < -0.4 is 5.32 Å². The first-order valence-corrected chi connectivity index (χ1v) is 3.76. The highest BCUT2D eigenvalue weighted by molar-refractivity contribution is 6.15. The monoisotopic (exact) mass is 185 g/mol. The van der Waals surface area contributed by atoms with E-state index in [1.54, 1.807) is 0 Å². The van der Waals surface area contributed by atoms with Crippen LogP contribution in [0.2, 0.25) is 0 Å². The van der Waals surface area contributed by atoms with Gasteiger partial charge in [-0.25, -0.2) is 4.79 Å². The molecule has 6 heteroatoms. The molecule has 1 atom stereocenters. The van der Waals surface area contributed by atoms with Gasteiger partial charge in [0, 0.05) is 21.1 Å². The smallest absolute Gasteiger partial charge is 0.327 e. The van der Waals surface area contributed by atoms with Gasteiger partial charge in [0.25, 0.3) is 11.8 Å². The van der Waals surface area contributed by atoms with Crippen molar-refractivity contribution in [3.05, 3.63) is 0 Å². The molecule has 1 fully saturated rings. The average Bonchev–Trinajstić information content (AvgIpc) is 2.30. The minimum Gasteiger partial charge on any atom is -0.357 e. The van der Waals surface area contributed by atoms with E-state index in [9.17, 15) is 14.4 Å². The molecule has 1 unspecified atom stereocenters. The Bertz CT molecular complexity index is 276. The summed E-state index contributed by atoms with van der Waals surface area (Å²) in [6.07, 6.45) is 0. The Morgan fingerprint density at radius 1 is 1.38 bits per heavy atom. The first-order chi connectivity index (χ1) is 6.00. The van der Waals surface area contributed by atoms with E-state index >= 15 is 0 Å². The Labute approximate surface area is 75.5 Å². The summed E-state index contributed by atoms with van der Waals surface area (Å²) in [7, 11) is 4.19. The quantitative estimate of drug-likeness (QED) is 0.404. The van der Waals surface area contributed by atoms with Crippen LogP contribution in [-0.4, -0.2) is 54.8 Å². The highest BCUT2D eigenvalue weighted by atomic mass is 16.2. The molecule has 0 spiro atoms. The fraction of sp³-hybridized carbons (Fsp3) is 0.571. The summed E-state index contributed by atoms with van der Waals surface area (Å²) in [5, 5.41) is 2.33. The molecule has 4 amide bonds. The molecule has 13 heavy (non-hydrogen) atoms. The van der Waals surface area contributed by atoms with Gasteiger partial charge >= 0.3 is 6.03 Å². The zero-order valence-electron chi connectivity index (χ0n) is 7.70. The van der Waals surface area contributed by atoms with Gasteiger partial charge in [0.2, 0.25) is 0 Å². The highest BCUT2D eigenvalue weighted by Crippen LogP contribution is 2.13. The van der Waals surface area contributed by atoms with Crippen molar-refractivity contribution >= 4 is 17.8 Å². The number of hydrogen-bond acceptors (Lipinski definition) is 3. The lowest BCUT2D eigenvalue weighted by Gasteiger charge is -2.13. The maximum absolute atomic E-state index is 11.3. The van der Waals surface area contributed by atoms with Crippen molar-refractivity contribution in [3.8, 4) is 0 Å². The summed E-state index contributed by atoms with van der Waals surface area (Å²) in [6.45, 7) is 0. The van der Waals surface area contributed by atoms with Crippen molar-refractivity contribution in [1.82, 2.24) is 15.1 Å². The normalized spacial score (nSPS) is 22.5. The van der Waals surface area contributed by atoms with Crippen LogP contribution in [-0.2, 0) is 9.59 Å². The maximum atomic E-state index is 11.3. The molecular formula is C7H11N3O3. The molecule has 1 saturated heterocycles. The second kappa shape index (κ2) is 3.04. The zero-order chi connectivity index (χ0) is 10.2. The lowest BCUT2D eigenvalue weighted by atomic mass is 10.2. The minimum absolute atomic E-state index is 0.460. The molecular weight excluding hydrogens is 174 g/mol. The predicted molar refractivity (Wildman–Crippen MR) is 43.8 cm³/mol. The number of carbonyl (C=O) groups is 3. The lowest BCUT2D eigenvalue weighted by molar-refractivity contribution is -0.134. The van der Waals surface area contributed by atoms with Gasteiger partial charge in [-0.2, -0.15) is 0 Å². The van der Waals surface area contributed by atoms with Crippen LogP contribution in [0.3, 0.4) is 0 Å². The molecule has 0 radical (unpaired) electrons. The third-order valence-corrected chi connectivity index (χ3v) is 2.04. The molecule has 0 aromatic carbocycles. The van der Waals surface area contributed by atoms with Gasteiger partial charge in [0.1, 0.15) is 0 Å². The highest BCUT2D eigenvalue weighted by Gasteiger charge is 2.44. The van der Waals surface area contributed by atoms with E-state index in [1.807, 2.05) is 0 Å². The zero-order valence-corrected chi connectivity index (χ0v) is 7.70. The van der Waals surface area contributed by atoms with Crippen LogP contribution in [0.4, 0.5) is 4.79 Å². The molecule has 0 aromatic rings. The largest absolute Gasteiger partial charge is 0.357 e. The molecule has 0 bridgehead atoms. The molecule has 1 rings (SSSR count). The first kappa shape index (κ1) is 9.50. The van der Waals surface area contributed by atoms with Crippen LogP contribution in [0, 0.1) is 0 Å². The predicted octanol–water partition coefficient (Wildman–Crippen LogP) is -1.38. The van der Waals surface area contributed by atoms with Crippen molar-refractivity contribution in [2.24, 2.45) is 0 Å². The Hall–Kier alpha value is -1.59. The van der Waals surface area contributed by atoms with E-state index in [2.05, 4.69) is 5.32 Å². The number of likely N-dealkylation sites (N-methyl/N-ethyl adjacent to an activating group) is 3. The Kier molecular flexibility index (Phi) is 2.22. The molecule has 0 saturated carbocycles. The molecule has 0 aliphatic carbocycles. The van der Waals surface area contributed by atoms with Crippen LogP contribution in [0.5, 0.6) is 0 Å². The Morgan fingerprint density at radius 3 is 2.23 bits per heavy atom. The molecule has 6 nitrogen and oxygen atoms in total. The van der Waals surface area contributed by atoms with E-state index in [0.29, 0.717) is 0 Å². The van der Waals surface area contributed by atoms with Crippen molar-refractivity contribution in [2.45, 2.75) is 6.04 Å². The molecule has 1 aliphatic rings. The van der Waals surface area contributed by atoms with Gasteiger partial charge in [-0.3, -0.25) is 14.5 Å². The summed E-state index contributed by atoms with van der Waals surface area (Å²) in [5.74, 6) is -0.961. The van der Waals surface area contributed by atoms with E-state index in [0.717, 1.165) is 9.80 Å². The summed E-state index contributed by atoms with van der Waals surface area (Å²) in [6, 6.07) is -1.47.